The van der Waals surface area contributed by atoms with Crippen molar-refractivity contribution in [1.29, 1.82) is 0 Å². The van der Waals surface area contributed by atoms with Gasteiger partial charge in [-0.2, -0.15) is 0 Å². The summed E-state index contributed by atoms with van der Waals surface area (Å²) in [6.07, 6.45) is 4.27. The van der Waals surface area contributed by atoms with Gasteiger partial charge in [-0.3, -0.25) is 4.79 Å². The molecular formula is C25H28N4O. The molecule has 5 nitrogen and oxygen atoms in total. The molecule has 3 aromatic rings. The first-order valence-corrected chi connectivity index (χ1v) is 10.7. The average Bonchev–Trinajstić information content (AvgIpc) is 2.80. The van der Waals surface area contributed by atoms with E-state index in [0.29, 0.717) is 0 Å². The van der Waals surface area contributed by atoms with Gasteiger partial charge in [-0.15, -0.1) is 0 Å². The maximum absolute atomic E-state index is 12.7. The first-order valence-electron chi connectivity index (χ1n) is 10.7. The van der Waals surface area contributed by atoms with Crippen LogP contribution in [0.25, 0.3) is 11.3 Å². The second-order valence-corrected chi connectivity index (χ2v) is 7.93. The minimum Gasteiger partial charge on any atom is -0.356 e. The van der Waals surface area contributed by atoms with Crippen LogP contribution in [0.15, 0.2) is 60.9 Å². The zero-order chi connectivity index (χ0) is 20.9. The zero-order valence-corrected chi connectivity index (χ0v) is 17.6. The van der Waals surface area contributed by atoms with Gasteiger partial charge in [0.05, 0.1) is 5.69 Å². The molecule has 0 aliphatic carbocycles. The highest BCUT2D eigenvalue weighted by Gasteiger charge is 2.26. The smallest absolute Gasteiger partial charge is 0.227 e. The number of carbonyl (C=O) groups is 1. The largest absolute Gasteiger partial charge is 0.356 e. The summed E-state index contributed by atoms with van der Waals surface area (Å²) in [5, 5.41) is 3.07. The molecule has 0 radical (unpaired) electrons. The maximum Gasteiger partial charge on any atom is 0.227 e. The van der Waals surface area contributed by atoms with Crippen LogP contribution in [0.3, 0.4) is 0 Å². The Morgan fingerprint density at radius 2 is 1.73 bits per heavy atom. The molecule has 2 aromatic carbocycles. The van der Waals surface area contributed by atoms with Crippen LogP contribution in [-0.4, -0.2) is 29.0 Å². The fourth-order valence-electron chi connectivity index (χ4n) is 3.84. The molecule has 30 heavy (non-hydrogen) atoms. The number of benzene rings is 2. The van der Waals surface area contributed by atoms with E-state index in [1.807, 2.05) is 18.2 Å². The van der Waals surface area contributed by atoms with Gasteiger partial charge in [-0.05, 0) is 43.9 Å². The number of aromatic nitrogens is 2. The van der Waals surface area contributed by atoms with Gasteiger partial charge < -0.3 is 10.2 Å². The molecule has 1 aliphatic rings. The Morgan fingerprint density at radius 3 is 2.40 bits per heavy atom. The Hall–Kier alpha value is -3.21. The molecule has 0 saturated carbocycles. The second kappa shape index (κ2) is 9.08. The topological polar surface area (TPSA) is 58.1 Å². The van der Waals surface area contributed by atoms with E-state index >= 15 is 0 Å². The van der Waals surface area contributed by atoms with Crippen LogP contribution in [0, 0.1) is 12.8 Å². The number of hydrogen-bond donors (Lipinski definition) is 1. The molecule has 0 spiro atoms. The second-order valence-electron chi connectivity index (χ2n) is 7.93. The van der Waals surface area contributed by atoms with Crippen molar-refractivity contribution < 1.29 is 4.79 Å². The molecule has 1 aliphatic heterocycles. The van der Waals surface area contributed by atoms with E-state index < -0.39 is 0 Å². The first kappa shape index (κ1) is 20.1. The summed E-state index contributed by atoms with van der Waals surface area (Å²) in [5.41, 5.74) is 5.40. The molecular weight excluding hydrogens is 372 g/mol. The number of hydrogen-bond acceptors (Lipinski definition) is 4. The van der Waals surface area contributed by atoms with Gasteiger partial charge in [-0.1, -0.05) is 48.9 Å². The van der Waals surface area contributed by atoms with Crippen LogP contribution in [-0.2, 0) is 11.2 Å². The van der Waals surface area contributed by atoms with Crippen molar-refractivity contribution in [2.45, 2.75) is 33.1 Å². The van der Waals surface area contributed by atoms with E-state index in [4.69, 9.17) is 0 Å². The highest BCUT2D eigenvalue weighted by Crippen LogP contribution is 2.26. The van der Waals surface area contributed by atoms with Crippen molar-refractivity contribution in [3.05, 3.63) is 72.1 Å². The first-order chi connectivity index (χ1) is 14.6. The van der Waals surface area contributed by atoms with Gasteiger partial charge >= 0.3 is 0 Å². The predicted molar refractivity (Wildman–Crippen MR) is 122 cm³/mol. The minimum atomic E-state index is 0.0329. The van der Waals surface area contributed by atoms with Crippen LogP contribution < -0.4 is 10.2 Å². The highest BCUT2D eigenvalue weighted by atomic mass is 16.1. The summed E-state index contributed by atoms with van der Waals surface area (Å²) in [4.78, 5) is 23.8. The quantitative estimate of drug-likeness (QED) is 0.664. The summed E-state index contributed by atoms with van der Waals surface area (Å²) >= 11 is 0. The van der Waals surface area contributed by atoms with E-state index in [2.05, 4.69) is 70.4 Å². The van der Waals surface area contributed by atoms with E-state index in [1.165, 1.54) is 11.1 Å². The van der Waals surface area contributed by atoms with Crippen LogP contribution in [0.2, 0.25) is 0 Å². The average molecular weight is 401 g/mol. The molecule has 1 aromatic heterocycles. The molecule has 4 rings (SSSR count). The van der Waals surface area contributed by atoms with E-state index in [0.717, 1.165) is 55.1 Å². The fraction of sp³-hybridized carbons (Fsp3) is 0.320. The molecule has 1 fully saturated rings. The summed E-state index contributed by atoms with van der Waals surface area (Å²) in [6.45, 7) is 5.84. The Kier molecular flexibility index (Phi) is 6.07. The third-order valence-electron chi connectivity index (χ3n) is 5.82. The number of amides is 1. The van der Waals surface area contributed by atoms with Gasteiger partial charge in [0, 0.05) is 36.3 Å². The van der Waals surface area contributed by atoms with Crippen molar-refractivity contribution in [2.75, 3.05) is 23.3 Å². The van der Waals surface area contributed by atoms with Gasteiger partial charge in [0.2, 0.25) is 5.91 Å². The fourth-order valence-corrected chi connectivity index (χ4v) is 3.84. The maximum atomic E-state index is 12.7. The van der Waals surface area contributed by atoms with Gasteiger partial charge in [-0.25, -0.2) is 9.97 Å². The van der Waals surface area contributed by atoms with Crippen LogP contribution in [0.5, 0.6) is 0 Å². The lowest BCUT2D eigenvalue weighted by Gasteiger charge is -2.32. The van der Waals surface area contributed by atoms with Crippen LogP contribution in [0.1, 0.15) is 30.9 Å². The Balaban J connectivity index is 1.36. The van der Waals surface area contributed by atoms with Crippen molar-refractivity contribution in [2.24, 2.45) is 5.92 Å². The lowest BCUT2D eigenvalue weighted by molar-refractivity contribution is -0.120. The standard InChI is InChI=1S/C25H28N4O/c1-3-19-6-10-22(11-7-19)28-25(30)21-12-14-29(15-13-21)24-16-23(26-17-27-24)20-8-4-18(2)5-9-20/h4-11,16-17,21H,3,12-15H2,1-2H3,(H,28,30). The summed E-state index contributed by atoms with van der Waals surface area (Å²) in [5.74, 6) is 1.07. The molecule has 1 saturated heterocycles. The van der Waals surface area contributed by atoms with Crippen molar-refractivity contribution in [3.63, 3.8) is 0 Å². The lowest BCUT2D eigenvalue weighted by atomic mass is 9.95. The van der Waals surface area contributed by atoms with E-state index in [1.54, 1.807) is 6.33 Å². The Labute approximate surface area is 178 Å². The number of nitrogens with one attached hydrogen (secondary N) is 1. The number of carbonyl (C=O) groups excluding carboxylic acids is 1. The minimum absolute atomic E-state index is 0.0329. The van der Waals surface area contributed by atoms with Gasteiger partial charge in [0.1, 0.15) is 12.1 Å². The van der Waals surface area contributed by atoms with E-state index in [-0.39, 0.29) is 11.8 Å². The van der Waals surface area contributed by atoms with E-state index in [9.17, 15) is 4.79 Å². The zero-order valence-electron chi connectivity index (χ0n) is 17.6. The number of aryl methyl sites for hydroxylation is 2. The molecule has 1 N–H and O–H groups in total. The molecule has 1 amide bonds. The lowest BCUT2D eigenvalue weighted by Crippen LogP contribution is -2.38. The third-order valence-corrected chi connectivity index (χ3v) is 5.82. The van der Waals surface area contributed by atoms with Crippen molar-refractivity contribution in [3.8, 4) is 11.3 Å². The monoisotopic (exact) mass is 400 g/mol. The summed E-state index contributed by atoms with van der Waals surface area (Å²) in [6, 6.07) is 18.5. The normalized spacial score (nSPS) is 14.5. The number of nitrogens with zero attached hydrogens (tertiary/aromatic N) is 3. The van der Waals surface area contributed by atoms with Crippen molar-refractivity contribution >= 4 is 17.4 Å². The van der Waals surface area contributed by atoms with Crippen LogP contribution >= 0.6 is 0 Å². The molecule has 2 heterocycles. The highest BCUT2D eigenvalue weighted by molar-refractivity contribution is 5.92. The summed E-state index contributed by atoms with van der Waals surface area (Å²) < 4.78 is 0. The van der Waals surface area contributed by atoms with Gasteiger partial charge in [0.15, 0.2) is 0 Å². The molecule has 0 unspecified atom stereocenters. The van der Waals surface area contributed by atoms with Gasteiger partial charge in [0.25, 0.3) is 0 Å². The molecule has 5 heteroatoms. The Bertz CT molecular complexity index is 990. The molecule has 154 valence electrons. The SMILES string of the molecule is CCc1ccc(NC(=O)C2CCN(c3cc(-c4ccc(C)cc4)ncn3)CC2)cc1. The Morgan fingerprint density at radius 1 is 1.03 bits per heavy atom. The van der Waals surface area contributed by atoms with Crippen molar-refractivity contribution in [1.82, 2.24) is 9.97 Å². The number of piperidine rings is 1. The van der Waals surface area contributed by atoms with Crippen LogP contribution in [0.4, 0.5) is 11.5 Å². The molecule has 0 bridgehead atoms. The third kappa shape index (κ3) is 4.67. The number of rotatable bonds is 5. The number of anilines is 2. The summed E-state index contributed by atoms with van der Waals surface area (Å²) in [7, 11) is 0. The predicted octanol–water partition coefficient (Wildman–Crippen LogP) is 4.87. The molecule has 0 atom stereocenters.